The SMILES string of the molecule is CN(C)S(=O)(=O)c1ccc(Nc2cc(NC3CCC(N)CC3)nn3c(C(=O)Nc4ccncn4)cnc23)cc1. The second-order valence-corrected chi connectivity index (χ2v) is 11.7. The molecule has 0 radical (unpaired) electrons. The zero-order valence-electron chi connectivity index (χ0n) is 21.6. The van der Waals surface area contributed by atoms with Crippen LogP contribution >= 0.6 is 0 Å². The first-order valence-corrected chi connectivity index (χ1v) is 13.9. The normalized spacial score (nSPS) is 17.7. The summed E-state index contributed by atoms with van der Waals surface area (Å²) in [5.74, 6) is 0.480. The fraction of sp³-hybridized carbons (Fsp3) is 0.320. The first kappa shape index (κ1) is 26.5. The maximum absolute atomic E-state index is 13.1. The lowest BCUT2D eigenvalue weighted by Crippen LogP contribution is -2.33. The quantitative estimate of drug-likeness (QED) is 0.255. The van der Waals surface area contributed by atoms with Crippen LogP contribution in [0, 0.1) is 0 Å². The lowest BCUT2D eigenvalue weighted by molar-refractivity contribution is 0.102. The Hall–Kier alpha value is -4.14. The van der Waals surface area contributed by atoms with Gasteiger partial charge in [-0.15, -0.1) is 5.10 Å². The highest BCUT2D eigenvalue weighted by molar-refractivity contribution is 7.89. The van der Waals surface area contributed by atoms with E-state index in [2.05, 4.69) is 36.0 Å². The van der Waals surface area contributed by atoms with Gasteiger partial charge in [0.05, 0.1) is 16.8 Å². The molecule has 13 nitrogen and oxygen atoms in total. The Bertz CT molecular complexity index is 1570. The van der Waals surface area contributed by atoms with Crippen LogP contribution in [0.3, 0.4) is 0 Å². The zero-order valence-corrected chi connectivity index (χ0v) is 22.4. The summed E-state index contributed by atoms with van der Waals surface area (Å²) in [6.07, 6.45) is 7.99. The Balaban J connectivity index is 1.48. The van der Waals surface area contributed by atoms with E-state index in [0.29, 0.717) is 28.7 Å². The maximum atomic E-state index is 13.1. The third-order valence-corrected chi connectivity index (χ3v) is 8.39. The second-order valence-electron chi connectivity index (χ2n) is 9.56. The summed E-state index contributed by atoms with van der Waals surface area (Å²) < 4.78 is 27.5. The molecule has 1 fully saturated rings. The molecule has 0 aliphatic heterocycles. The summed E-state index contributed by atoms with van der Waals surface area (Å²) in [7, 11) is -0.580. The number of rotatable bonds is 8. The number of hydrogen-bond donors (Lipinski definition) is 4. The molecule has 0 bridgehead atoms. The van der Waals surface area contributed by atoms with Crippen molar-refractivity contribution in [2.75, 3.05) is 30.0 Å². The summed E-state index contributed by atoms with van der Waals surface area (Å²) in [4.78, 5) is 25.6. The minimum atomic E-state index is -3.55. The Morgan fingerprint density at radius 2 is 1.79 bits per heavy atom. The number of carbonyl (C=O) groups is 1. The number of nitrogens with two attached hydrogens (primary N) is 1. The van der Waals surface area contributed by atoms with E-state index in [1.54, 1.807) is 18.2 Å². The molecule has 14 heteroatoms. The number of nitrogens with one attached hydrogen (secondary N) is 3. The highest BCUT2D eigenvalue weighted by atomic mass is 32.2. The first-order chi connectivity index (χ1) is 18.7. The molecule has 204 valence electrons. The fourth-order valence-corrected chi connectivity index (χ4v) is 5.28. The number of imidazole rings is 1. The van der Waals surface area contributed by atoms with E-state index in [0.717, 1.165) is 30.0 Å². The zero-order chi connectivity index (χ0) is 27.6. The summed E-state index contributed by atoms with van der Waals surface area (Å²) in [6, 6.07) is 10.2. The first-order valence-electron chi connectivity index (χ1n) is 12.5. The van der Waals surface area contributed by atoms with Gasteiger partial charge < -0.3 is 21.7 Å². The van der Waals surface area contributed by atoms with E-state index in [4.69, 9.17) is 5.73 Å². The molecule has 0 unspecified atom stereocenters. The molecule has 1 amide bonds. The van der Waals surface area contributed by atoms with Crippen molar-refractivity contribution in [3.05, 3.63) is 60.8 Å². The van der Waals surface area contributed by atoms with Gasteiger partial charge in [0.15, 0.2) is 11.3 Å². The third kappa shape index (κ3) is 5.82. The monoisotopic (exact) mass is 550 g/mol. The Morgan fingerprint density at radius 1 is 1.05 bits per heavy atom. The second kappa shape index (κ2) is 10.9. The predicted molar refractivity (Wildman–Crippen MR) is 147 cm³/mol. The van der Waals surface area contributed by atoms with Gasteiger partial charge in [-0.3, -0.25) is 4.79 Å². The molecular weight excluding hydrogens is 520 g/mol. The molecule has 3 heterocycles. The van der Waals surface area contributed by atoms with E-state index >= 15 is 0 Å². The molecule has 1 aliphatic rings. The number of benzene rings is 1. The summed E-state index contributed by atoms with van der Waals surface area (Å²) in [6.45, 7) is 0. The molecule has 1 aromatic carbocycles. The minimum absolute atomic E-state index is 0.181. The molecule has 5 N–H and O–H groups in total. The predicted octanol–water partition coefficient (Wildman–Crippen LogP) is 2.45. The van der Waals surface area contributed by atoms with Gasteiger partial charge in [0.1, 0.15) is 18.0 Å². The van der Waals surface area contributed by atoms with E-state index in [1.165, 1.54) is 49.5 Å². The molecule has 5 rings (SSSR count). The number of aromatic nitrogens is 5. The molecule has 4 aromatic rings. The Morgan fingerprint density at radius 3 is 2.46 bits per heavy atom. The number of carbonyl (C=O) groups excluding carboxylic acids is 1. The smallest absolute Gasteiger partial charge is 0.277 e. The standard InChI is InChI=1S/C25H30N10O3S/c1-34(2)39(37,38)19-9-7-17(8-10-19)30-20-13-23(31-18-5-3-16(26)4-6-18)33-35-21(14-28-24(20)35)25(36)32-22-11-12-27-15-29-22/h7-16,18,30H,3-6,26H2,1-2H3,(H,31,33)(H,27,29,32,36). The van der Waals surface area contributed by atoms with Gasteiger partial charge in [-0.1, -0.05) is 0 Å². The molecule has 0 saturated heterocycles. The van der Waals surface area contributed by atoms with Gasteiger partial charge in [-0.2, -0.15) is 0 Å². The van der Waals surface area contributed by atoms with E-state index < -0.39 is 15.9 Å². The Labute approximate surface area is 225 Å². The van der Waals surface area contributed by atoms with E-state index in [9.17, 15) is 13.2 Å². The van der Waals surface area contributed by atoms with Crippen molar-refractivity contribution in [2.24, 2.45) is 5.73 Å². The average Bonchev–Trinajstić information content (AvgIpc) is 3.35. The highest BCUT2D eigenvalue weighted by Gasteiger charge is 2.22. The van der Waals surface area contributed by atoms with Crippen LogP contribution in [0.15, 0.2) is 60.0 Å². The van der Waals surface area contributed by atoms with Crippen LogP contribution in [-0.4, -0.2) is 69.4 Å². The molecule has 0 spiro atoms. The molecule has 39 heavy (non-hydrogen) atoms. The van der Waals surface area contributed by atoms with Crippen LogP contribution in [-0.2, 0) is 10.0 Å². The van der Waals surface area contributed by atoms with Crippen molar-refractivity contribution in [3.8, 4) is 0 Å². The molecular formula is C25H30N10O3S. The third-order valence-electron chi connectivity index (χ3n) is 6.56. The molecule has 1 aliphatic carbocycles. The van der Waals surface area contributed by atoms with Crippen molar-refractivity contribution in [2.45, 2.75) is 42.7 Å². The lowest BCUT2D eigenvalue weighted by atomic mass is 9.92. The van der Waals surface area contributed by atoms with Crippen LogP contribution in [0.25, 0.3) is 5.65 Å². The van der Waals surface area contributed by atoms with Crippen molar-refractivity contribution in [1.29, 1.82) is 0 Å². The van der Waals surface area contributed by atoms with Crippen LogP contribution < -0.4 is 21.7 Å². The van der Waals surface area contributed by atoms with E-state index in [1.807, 2.05) is 6.07 Å². The number of hydrogen-bond acceptors (Lipinski definition) is 10. The topological polar surface area (TPSA) is 173 Å². The van der Waals surface area contributed by atoms with Crippen molar-refractivity contribution >= 4 is 44.6 Å². The van der Waals surface area contributed by atoms with Crippen LogP contribution in [0.5, 0.6) is 0 Å². The average molecular weight is 551 g/mol. The van der Waals surface area contributed by atoms with Gasteiger partial charge in [-0.05, 0) is 56.0 Å². The van der Waals surface area contributed by atoms with Gasteiger partial charge in [0.2, 0.25) is 10.0 Å². The minimum Gasteiger partial charge on any atom is -0.366 e. The van der Waals surface area contributed by atoms with E-state index in [-0.39, 0.29) is 22.7 Å². The van der Waals surface area contributed by atoms with Gasteiger partial charge in [-0.25, -0.2) is 32.2 Å². The largest absolute Gasteiger partial charge is 0.366 e. The van der Waals surface area contributed by atoms with Crippen molar-refractivity contribution in [1.82, 2.24) is 28.9 Å². The van der Waals surface area contributed by atoms with Crippen molar-refractivity contribution < 1.29 is 13.2 Å². The van der Waals surface area contributed by atoms with Gasteiger partial charge >= 0.3 is 0 Å². The van der Waals surface area contributed by atoms with Crippen LogP contribution in [0.2, 0.25) is 0 Å². The number of nitrogens with zero attached hydrogens (tertiary/aromatic N) is 6. The van der Waals surface area contributed by atoms with Crippen LogP contribution in [0.1, 0.15) is 36.2 Å². The Kier molecular flexibility index (Phi) is 7.41. The number of amides is 1. The van der Waals surface area contributed by atoms with Gasteiger partial charge in [0.25, 0.3) is 5.91 Å². The molecule has 3 aromatic heterocycles. The molecule has 1 saturated carbocycles. The number of fused-ring (bicyclic) bond motifs is 1. The van der Waals surface area contributed by atoms with Crippen LogP contribution in [0.4, 0.5) is 23.0 Å². The molecule has 0 atom stereocenters. The van der Waals surface area contributed by atoms with Gasteiger partial charge in [0, 0.05) is 44.1 Å². The fourth-order valence-electron chi connectivity index (χ4n) is 4.38. The summed E-state index contributed by atoms with van der Waals surface area (Å²) in [5.41, 5.74) is 7.94. The number of sulfonamides is 1. The summed E-state index contributed by atoms with van der Waals surface area (Å²) in [5, 5.41) is 14.2. The summed E-state index contributed by atoms with van der Waals surface area (Å²) >= 11 is 0. The highest BCUT2D eigenvalue weighted by Crippen LogP contribution is 2.28. The lowest BCUT2D eigenvalue weighted by Gasteiger charge is -2.27. The number of anilines is 4. The van der Waals surface area contributed by atoms with Crippen molar-refractivity contribution in [3.63, 3.8) is 0 Å². The maximum Gasteiger partial charge on any atom is 0.277 e.